The van der Waals surface area contributed by atoms with Gasteiger partial charge in [0.25, 0.3) is 0 Å². The highest BCUT2D eigenvalue weighted by molar-refractivity contribution is 5.95. The molecule has 5 heteroatoms. The van der Waals surface area contributed by atoms with Crippen LogP contribution in [0.4, 0.5) is 22.9 Å². The van der Waals surface area contributed by atoms with E-state index in [4.69, 9.17) is 0 Å². The molecule has 2 aromatic carbocycles. The summed E-state index contributed by atoms with van der Waals surface area (Å²) < 4.78 is 0. The van der Waals surface area contributed by atoms with Gasteiger partial charge in [0.05, 0.1) is 23.1 Å². The number of carboxylic acid groups (broad SMARTS) is 1. The van der Waals surface area contributed by atoms with Crippen molar-refractivity contribution in [2.45, 2.75) is 44.9 Å². The summed E-state index contributed by atoms with van der Waals surface area (Å²) in [7, 11) is 3.90. The first-order chi connectivity index (χ1) is 16.8. The van der Waals surface area contributed by atoms with E-state index in [1.165, 1.54) is 31.2 Å². The van der Waals surface area contributed by atoms with Crippen molar-refractivity contribution in [3.63, 3.8) is 0 Å². The van der Waals surface area contributed by atoms with Crippen LogP contribution in [0.3, 0.4) is 0 Å². The van der Waals surface area contributed by atoms with E-state index in [0.29, 0.717) is 11.1 Å². The first-order valence-corrected chi connectivity index (χ1v) is 12.6. The van der Waals surface area contributed by atoms with Crippen molar-refractivity contribution < 1.29 is 9.90 Å². The van der Waals surface area contributed by atoms with E-state index in [1.807, 2.05) is 43.3 Å². The van der Waals surface area contributed by atoms with Gasteiger partial charge < -0.3 is 14.9 Å². The molecule has 2 saturated carbocycles. The van der Waals surface area contributed by atoms with Crippen LogP contribution in [0, 0.1) is 17.8 Å². The second-order valence-corrected chi connectivity index (χ2v) is 10.8. The lowest BCUT2D eigenvalue weighted by atomic mass is 9.73. The molecular formula is C30H35N3O2. The predicted octanol–water partition coefficient (Wildman–Crippen LogP) is 7.03. The monoisotopic (exact) mass is 469 g/mol. The zero-order valence-electron chi connectivity index (χ0n) is 21.1. The molecule has 1 aromatic heterocycles. The molecule has 0 amide bonds. The fourth-order valence-corrected chi connectivity index (χ4v) is 6.83. The second kappa shape index (κ2) is 9.03. The number of para-hydroxylation sites is 1. The quantitative estimate of drug-likeness (QED) is 0.420. The standard InChI is InChI=1S/C30H35N3O2/c1-20-15-23-16-21(2)18-30(23,17-20)22-9-11-24(12-10-22)33(4)28-14-13-25(19-31-28)32(3)27-8-6-5-7-26(27)29(34)35/h5-14,19-21,23H,15-18H2,1-4H3,(H,34,35). The highest BCUT2D eigenvalue weighted by Crippen LogP contribution is 2.59. The van der Waals surface area contributed by atoms with E-state index in [9.17, 15) is 9.90 Å². The Labute approximate surface area is 208 Å². The average molecular weight is 470 g/mol. The molecular weight excluding hydrogens is 434 g/mol. The molecule has 0 aliphatic heterocycles. The van der Waals surface area contributed by atoms with Crippen LogP contribution in [0.2, 0.25) is 0 Å². The number of benzene rings is 2. The van der Waals surface area contributed by atoms with Crippen molar-refractivity contribution in [1.82, 2.24) is 4.98 Å². The molecule has 2 unspecified atom stereocenters. The zero-order chi connectivity index (χ0) is 24.7. The van der Waals surface area contributed by atoms with E-state index in [2.05, 4.69) is 48.0 Å². The van der Waals surface area contributed by atoms with Gasteiger partial charge in [0, 0.05) is 19.8 Å². The number of carbonyl (C=O) groups is 1. The van der Waals surface area contributed by atoms with Crippen molar-refractivity contribution >= 4 is 28.8 Å². The Kier molecular flexibility index (Phi) is 6.04. The molecule has 2 atom stereocenters. The molecule has 2 aliphatic rings. The van der Waals surface area contributed by atoms with Crippen molar-refractivity contribution in [2.75, 3.05) is 23.9 Å². The van der Waals surface area contributed by atoms with E-state index >= 15 is 0 Å². The third-order valence-corrected chi connectivity index (χ3v) is 8.37. The number of pyridine rings is 1. The van der Waals surface area contributed by atoms with E-state index in [-0.39, 0.29) is 5.56 Å². The van der Waals surface area contributed by atoms with Gasteiger partial charge in [0.1, 0.15) is 5.82 Å². The minimum Gasteiger partial charge on any atom is -0.478 e. The Morgan fingerprint density at radius 1 is 0.886 bits per heavy atom. The summed E-state index contributed by atoms with van der Waals surface area (Å²) in [6.07, 6.45) is 7.17. The van der Waals surface area contributed by atoms with Gasteiger partial charge in [-0.15, -0.1) is 0 Å². The van der Waals surface area contributed by atoms with Crippen LogP contribution in [-0.4, -0.2) is 30.2 Å². The summed E-state index contributed by atoms with van der Waals surface area (Å²) in [6.45, 7) is 4.83. The minimum atomic E-state index is -0.940. The number of nitrogens with zero attached hydrogens (tertiary/aromatic N) is 3. The van der Waals surface area contributed by atoms with Crippen molar-refractivity contribution in [1.29, 1.82) is 0 Å². The van der Waals surface area contributed by atoms with E-state index < -0.39 is 5.97 Å². The lowest BCUT2D eigenvalue weighted by Gasteiger charge is -2.31. The largest absolute Gasteiger partial charge is 0.478 e. The van der Waals surface area contributed by atoms with Gasteiger partial charge in [-0.1, -0.05) is 38.1 Å². The fourth-order valence-electron chi connectivity index (χ4n) is 6.83. The number of fused-ring (bicyclic) bond motifs is 1. The molecule has 2 aliphatic carbocycles. The number of anilines is 4. The molecule has 0 saturated heterocycles. The molecule has 3 aromatic rings. The van der Waals surface area contributed by atoms with Gasteiger partial charge >= 0.3 is 5.97 Å². The predicted molar refractivity (Wildman–Crippen MR) is 142 cm³/mol. The molecule has 0 bridgehead atoms. The maximum atomic E-state index is 11.6. The van der Waals surface area contributed by atoms with Gasteiger partial charge in [-0.25, -0.2) is 9.78 Å². The van der Waals surface area contributed by atoms with Crippen molar-refractivity contribution in [3.05, 3.63) is 78.0 Å². The second-order valence-electron chi connectivity index (χ2n) is 10.8. The van der Waals surface area contributed by atoms with Crippen LogP contribution < -0.4 is 9.80 Å². The molecule has 0 spiro atoms. The molecule has 182 valence electrons. The number of rotatable bonds is 6. The third kappa shape index (κ3) is 4.18. The maximum absolute atomic E-state index is 11.6. The number of aromatic carboxylic acids is 1. The van der Waals surface area contributed by atoms with Crippen molar-refractivity contribution in [3.8, 4) is 0 Å². The van der Waals surface area contributed by atoms with Crippen LogP contribution in [0.25, 0.3) is 0 Å². The molecule has 1 N–H and O–H groups in total. The summed E-state index contributed by atoms with van der Waals surface area (Å²) in [5, 5.41) is 9.52. The number of aromatic nitrogens is 1. The number of hydrogen-bond acceptors (Lipinski definition) is 4. The van der Waals surface area contributed by atoms with E-state index in [0.717, 1.165) is 34.9 Å². The first-order valence-electron chi connectivity index (χ1n) is 12.6. The molecule has 1 heterocycles. The Hall–Kier alpha value is -3.34. The Balaban J connectivity index is 1.34. The maximum Gasteiger partial charge on any atom is 0.337 e. The third-order valence-electron chi connectivity index (χ3n) is 8.37. The minimum absolute atomic E-state index is 0.270. The number of carboxylic acids is 1. The van der Waals surface area contributed by atoms with Gasteiger partial charge in [-0.2, -0.15) is 0 Å². The smallest absolute Gasteiger partial charge is 0.337 e. The first kappa shape index (κ1) is 23.4. The Morgan fingerprint density at radius 3 is 2.11 bits per heavy atom. The molecule has 0 radical (unpaired) electrons. The van der Waals surface area contributed by atoms with E-state index in [1.54, 1.807) is 18.3 Å². The molecule has 2 fully saturated rings. The Morgan fingerprint density at radius 2 is 1.51 bits per heavy atom. The summed E-state index contributed by atoms with van der Waals surface area (Å²) in [6, 6.07) is 20.1. The van der Waals surface area contributed by atoms with Crippen LogP contribution in [0.1, 0.15) is 55.5 Å². The highest BCUT2D eigenvalue weighted by atomic mass is 16.4. The number of hydrogen-bond donors (Lipinski definition) is 1. The topological polar surface area (TPSA) is 56.7 Å². The summed E-state index contributed by atoms with van der Waals surface area (Å²) in [4.78, 5) is 20.3. The van der Waals surface area contributed by atoms with Gasteiger partial charge in [-0.3, -0.25) is 0 Å². The molecule has 35 heavy (non-hydrogen) atoms. The molecule has 5 rings (SSSR count). The fraction of sp³-hybridized carbons (Fsp3) is 0.400. The zero-order valence-corrected chi connectivity index (χ0v) is 21.1. The van der Waals surface area contributed by atoms with Crippen LogP contribution in [0.5, 0.6) is 0 Å². The van der Waals surface area contributed by atoms with Crippen molar-refractivity contribution in [2.24, 2.45) is 17.8 Å². The van der Waals surface area contributed by atoms with Crippen LogP contribution in [0.15, 0.2) is 66.9 Å². The average Bonchev–Trinajstić information content (AvgIpc) is 3.34. The lowest BCUT2D eigenvalue weighted by molar-refractivity contribution is 0.0697. The SMILES string of the molecule is CC1CC2CC(C)CC2(c2ccc(N(C)c3ccc(N(C)c4ccccc4C(=O)O)cn3)cc2)C1. The highest BCUT2D eigenvalue weighted by Gasteiger charge is 2.51. The van der Waals surface area contributed by atoms with Crippen LogP contribution in [-0.2, 0) is 5.41 Å². The van der Waals surface area contributed by atoms with Gasteiger partial charge in [0.2, 0.25) is 0 Å². The Bertz CT molecular complexity index is 1190. The summed E-state index contributed by atoms with van der Waals surface area (Å²) in [5.41, 5.74) is 4.73. The normalized spacial score (nSPS) is 25.3. The van der Waals surface area contributed by atoms with Gasteiger partial charge in [-0.05, 0) is 90.8 Å². The lowest BCUT2D eigenvalue weighted by Crippen LogP contribution is -2.25. The summed E-state index contributed by atoms with van der Waals surface area (Å²) in [5.74, 6) is 2.37. The molecule has 5 nitrogen and oxygen atoms in total. The summed E-state index contributed by atoms with van der Waals surface area (Å²) >= 11 is 0. The van der Waals surface area contributed by atoms with Crippen LogP contribution >= 0.6 is 0 Å². The van der Waals surface area contributed by atoms with Gasteiger partial charge in [0.15, 0.2) is 0 Å².